The smallest absolute Gasteiger partial charge is 0.230 e. The first-order valence-electron chi connectivity index (χ1n) is 6.06. The number of carbonyl (C=O) groups excluding carboxylic acids is 1. The molecule has 1 N–H and O–H groups in total. The highest BCUT2D eigenvalue weighted by Gasteiger charge is 2.51. The van der Waals surface area contributed by atoms with Gasteiger partial charge in [-0.15, -0.1) is 0 Å². The Bertz CT molecular complexity index is 440. The van der Waals surface area contributed by atoms with Gasteiger partial charge in [0.15, 0.2) is 0 Å². The van der Waals surface area contributed by atoms with Crippen LogP contribution in [0, 0.1) is 11.3 Å². The zero-order valence-corrected chi connectivity index (χ0v) is 10.6. The minimum atomic E-state index is 0.129. The summed E-state index contributed by atoms with van der Waals surface area (Å²) in [6.45, 7) is 6.82. The first kappa shape index (κ1) is 12.0. The lowest BCUT2D eigenvalue weighted by molar-refractivity contribution is -0.120. The normalized spacial score (nSPS) is 21.0. The Morgan fingerprint density at radius 1 is 1.53 bits per heavy atom. The van der Waals surface area contributed by atoms with Crippen LogP contribution in [0.5, 0.6) is 5.75 Å². The lowest BCUT2D eigenvalue weighted by Crippen LogP contribution is -2.33. The number of amides is 1. The Hall–Kier alpha value is -1.51. The fourth-order valence-electron chi connectivity index (χ4n) is 2.20. The molecule has 0 radical (unpaired) electrons. The van der Waals surface area contributed by atoms with E-state index >= 15 is 0 Å². The Balaban J connectivity index is 2.20. The summed E-state index contributed by atoms with van der Waals surface area (Å²) in [5.74, 6) is 0.497. The molecule has 1 unspecified atom stereocenters. The van der Waals surface area contributed by atoms with Gasteiger partial charge >= 0.3 is 0 Å². The molecule has 1 aromatic carbocycles. The molecule has 0 aromatic heterocycles. The first-order chi connectivity index (χ1) is 7.95. The third-order valence-corrected chi connectivity index (χ3v) is 3.54. The number of hydrogen-bond donors (Lipinski definition) is 1. The molecule has 0 bridgehead atoms. The van der Waals surface area contributed by atoms with Crippen molar-refractivity contribution >= 4 is 11.6 Å². The molecule has 1 amide bonds. The number of carbonyl (C=O) groups is 1. The first-order valence-corrected chi connectivity index (χ1v) is 6.06. The quantitative estimate of drug-likeness (QED) is 0.872. The van der Waals surface area contributed by atoms with Gasteiger partial charge in [0.1, 0.15) is 5.75 Å². The summed E-state index contributed by atoms with van der Waals surface area (Å²) >= 11 is 0. The number of phenols is 1. The maximum absolute atomic E-state index is 12.3. The summed E-state index contributed by atoms with van der Waals surface area (Å²) in [4.78, 5) is 14.1. The molecule has 0 aliphatic heterocycles. The predicted molar refractivity (Wildman–Crippen MR) is 68.0 cm³/mol. The summed E-state index contributed by atoms with van der Waals surface area (Å²) in [6.07, 6.45) is 0.959. The second kappa shape index (κ2) is 4.06. The number of hydrogen-bond acceptors (Lipinski definition) is 2. The van der Waals surface area contributed by atoms with Gasteiger partial charge in [0.2, 0.25) is 5.91 Å². The molecule has 1 atom stereocenters. The van der Waals surface area contributed by atoms with E-state index in [9.17, 15) is 9.90 Å². The number of benzene rings is 1. The summed E-state index contributed by atoms with van der Waals surface area (Å²) in [5, 5.41) is 9.46. The molecule has 2 rings (SSSR count). The van der Waals surface area contributed by atoms with E-state index in [4.69, 9.17) is 0 Å². The van der Waals surface area contributed by atoms with E-state index < -0.39 is 0 Å². The fraction of sp³-hybridized carbons (Fsp3) is 0.500. The van der Waals surface area contributed by atoms with Gasteiger partial charge in [-0.2, -0.15) is 0 Å². The molecule has 1 aliphatic carbocycles. The topological polar surface area (TPSA) is 40.5 Å². The van der Waals surface area contributed by atoms with E-state index in [1.165, 1.54) is 0 Å². The number of aromatic hydroxyl groups is 1. The second-order valence-corrected chi connectivity index (χ2v) is 5.35. The molecular weight excluding hydrogens is 214 g/mol. The van der Waals surface area contributed by atoms with Crippen LogP contribution in [0.1, 0.15) is 27.2 Å². The lowest BCUT2D eigenvalue weighted by Gasteiger charge is -2.22. The van der Waals surface area contributed by atoms with Gasteiger partial charge in [-0.3, -0.25) is 4.79 Å². The molecule has 1 saturated carbocycles. The van der Waals surface area contributed by atoms with E-state index in [1.54, 1.807) is 23.1 Å². The minimum absolute atomic E-state index is 0.129. The van der Waals surface area contributed by atoms with Crippen LogP contribution in [0.25, 0.3) is 0 Å². The van der Waals surface area contributed by atoms with Crippen molar-refractivity contribution in [2.45, 2.75) is 27.2 Å². The van der Waals surface area contributed by atoms with E-state index in [0.29, 0.717) is 6.54 Å². The Labute approximate surface area is 102 Å². The lowest BCUT2D eigenvalue weighted by atomic mass is 10.1. The average Bonchev–Trinajstić information content (AvgIpc) is 2.89. The molecule has 17 heavy (non-hydrogen) atoms. The van der Waals surface area contributed by atoms with Crippen molar-refractivity contribution in [2.75, 3.05) is 11.4 Å². The molecule has 0 spiro atoms. The van der Waals surface area contributed by atoms with Crippen LogP contribution < -0.4 is 4.90 Å². The summed E-state index contributed by atoms with van der Waals surface area (Å²) < 4.78 is 0. The number of anilines is 1. The van der Waals surface area contributed by atoms with Crippen molar-refractivity contribution in [3.05, 3.63) is 24.3 Å². The number of nitrogens with zero attached hydrogens (tertiary/aromatic N) is 1. The Morgan fingerprint density at radius 3 is 2.65 bits per heavy atom. The van der Waals surface area contributed by atoms with E-state index in [2.05, 4.69) is 13.8 Å². The van der Waals surface area contributed by atoms with E-state index in [-0.39, 0.29) is 23.0 Å². The van der Waals surface area contributed by atoms with E-state index in [0.717, 1.165) is 12.1 Å². The van der Waals surface area contributed by atoms with Crippen molar-refractivity contribution in [1.29, 1.82) is 0 Å². The van der Waals surface area contributed by atoms with Gasteiger partial charge in [-0.25, -0.2) is 0 Å². The zero-order chi connectivity index (χ0) is 12.6. The third kappa shape index (κ3) is 2.28. The molecule has 3 heteroatoms. The Morgan fingerprint density at radius 2 is 2.18 bits per heavy atom. The van der Waals surface area contributed by atoms with Crippen LogP contribution in [-0.4, -0.2) is 17.6 Å². The molecule has 1 fully saturated rings. The van der Waals surface area contributed by atoms with Crippen LogP contribution >= 0.6 is 0 Å². The average molecular weight is 233 g/mol. The van der Waals surface area contributed by atoms with Crippen LogP contribution in [0.3, 0.4) is 0 Å². The highest BCUT2D eigenvalue weighted by molar-refractivity contribution is 5.97. The van der Waals surface area contributed by atoms with Crippen LogP contribution in [0.4, 0.5) is 5.69 Å². The molecular formula is C14H19NO2. The zero-order valence-electron chi connectivity index (χ0n) is 10.6. The van der Waals surface area contributed by atoms with Gasteiger partial charge in [-0.05, 0) is 30.9 Å². The maximum atomic E-state index is 12.3. The van der Waals surface area contributed by atoms with Gasteiger partial charge in [-0.1, -0.05) is 19.9 Å². The minimum Gasteiger partial charge on any atom is -0.508 e. The summed E-state index contributed by atoms with van der Waals surface area (Å²) in [7, 11) is 0. The van der Waals surface area contributed by atoms with Crippen molar-refractivity contribution < 1.29 is 9.90 Å². The standard InChI is InChI=1S/C14H19NO2/c1-4-15(10-6-5-7-11(16)8-10)13(17)12-9-14(12,2)3/h5-8,12,16H,4,9H2,1-3H3. The summed E-state index contributed by atoms with van der Waals surface area (Å²) in [5.41, 5.74) is 0.918. The van der Waals surface area contributed by atoms with Gasteiger partial charge in [0.05, 0.1) is 0 Å². The monoisotopic (exact) mass is 233 g/mol. The highest BCUT2D eigenvalue weighted by Crippen LogP contribution is 2.52. The molecule has 1 aromatic rings. The van der Waals surface area contributed by atoms with Gasteiger partial charge < -0.3 is 10.0 Å². The van der Waals surface area contributed by atoms with Crippen molar-refractivity contribution in [3.63, 3.8) is 0 Å². The van der Waals surface area contributed by atoms with Crippen LogP contribution in [0.15, 0.2) is 24.3 Å². The molecule has 3 nitrogen and oxygen atoms in total. The summed E-state index contributed by atoms with van der Waals surface area (Å²) in [6, 6.07) is 6.87. The number of phenolic OH excluding ortho intramolecular Hbond substituents is 1. The number of rotatable bonds is 3. The van der Waals surface area contributed by atoms with Crippen LogP contribution in [-0.2, 0) is 4.79 Å². The third-order valence-electron chi connectivity index (χ3n) is 3.54. The van der Waals surface area contributed by atoms with Crippen molar-refractivity contribution in [1.82, 2.24) is 0 Å². The largest absolute Gasteiger partial charge is 0.508 e. The van der Waals surface area contributed by atoms with Crippen molar-refractivity contribution in [2.24, 2.45) is 11.3 Å². The van der Waals surface area contributed by atoms with Gasteiger partial charge in [0, 0.05) is 24.2 Å². The highest BCUT2D eigenvalue weighted by atomic mass is 16.3. The van der Waals surface area contributed by atoms with E-state index in [1.807, 2.05) is 13.0 Å². The molecule has 0 heterocycles. The SMILES string of the molecule is CCN(C(=O)C1CC1(C)C)c1cccc(O)c1. The predicted octanol–water partition coefficient (Wildman–Crippen LogP) is 2.79. The van der Waals surface area contributed by atoms with Crippen LogP contribution in [0.2, 0.25) is 0 Å². The molecule has 92 valence electrons. The Kier molecular flexibility index (Phi) is 2.86. The van der Waals surface area contributed by atoms with Gasteiger partial charge in [0.25, 0.3) is 0 Å². The fourth-order valence-corrected chi connectivity index (χ4v) is 2.20. The second-order valence-electron chi connectivity index (χ2n) is 5.35. The van der Waals surface area contributed by atoms with Crippen molar-refractivity contribution in [3.8, 4) is 5.75 Å². The maximum Gasteiger partial charge on any atom is 0.230 e. The molecule has 0 saturated heterocycles. The molecule has 1 aliphatic rings.